The molecule has 0 unspecified atom stereocenters. The lowest BCUT2D eigenvalue weighted by atomic mass is 10.00. The van der Waals surface area contributed by atoms with Crippen LogP contribution in [0.25, 0.3) is 0 Å². The van der Waals surface area contributed by atoms with E-state index in [2.05, 4.69) is 24.0 Å². The molecule has 0 spiro atoms. The molecule has 0 bridgehead atoms. The lowest BCUT2D eigenvalue weighted by Crippen LogP contribution is -2.48. The molecule has 0 radical (unpaired) electrons. The van der Waals surface area contributed by atoms with E-state index < -0.39 is 0 Å². The highest BCUT2D eigenvalue weighted by molar-refractivity contribution is 5.27. The highest BCUT2D eigenvalue weighted by Crippen LogP contribution is 2.18. The van der Waals surface area contributed by atoms with Crippen LogP contribution in [0.5, 0.6) is 5.75 Å². The Hall–Kier alpha value is -1.10. The van der Waals surface area contributed by atoms with E-state index in [9.17, 15) is 10.2 Å². The second kappa shape index (κ2) is 9.13. The molecule has 2 N–H and O–H groups in total. The standard InChI is InChI=1S/C18H29NO3/c1-2-3-12-22-18-8-4-15(5-9-18)10-11-19-13-17(21)7-6-16(19)14-20/h4-5,8-9,16-17,20-21H,2-3,6-7,10-14H2,1H3/t16-,17-/m1/s1. The van der Waals surface area contributed by atoms with E-state index in [-0.39, 0.29) is 18.8 Å². The highest BCUT2D eigenvalue weighted by atomic mass is 16.5. The molecule has 1 saturated heterocycles. The summed E-state index contributed by atoms with van der Waals surface area (Å²) in [7, 11) is 0. The molecule has 0 saturated carbocycles. The molecule has 1 heterocycles. The van der Waals surface area contributed by atoms with Crippen molar-refractivity contribution in [3.8, 4) is 5.75 Å². The number of rotatable bonds is 8. The van der Waals surface area contributed by atoms with E-state index in [0.717, 1.165) is 51.0 Å². The maximum atomic E-state index is 9.79. The summed E-state index contributed by atoms with van der Waals surface area (Å²) < 4.78 is 5.67. The lowest BCUT2D eigenvalue weighted by Gasteiger charge is -2.37. The van der Waals surface area contributed by atoms with Crippen molar-refractivity contribution >= 4 is 0 Å². The van der Waals surface area contributed by atoms with Crippen LogP contribution in [0.3, 0.4) is 0 Å². The number of unbranched alkanes of at least 4 members (excludes halogenated alkanes) is 1. The van der Waals surface area contributed by atoms with Gasteiger partial charge in [-0.15, -0.1) is 0 Å². The number of hydrogen-bond donors (Lipinski definition) is 2. The molecule has 1 aromatic carbocycles. The molecule has 4 nitrogen and oxygen atoms in total. The fourth-order valence-corrected chi connectivity index (χ4v) is 2.92. The van der Waals surface area contributed by atoms with Crippen molar-refractivity contribution in [1.82, 2.24) is 4.90 Å². The molecule has 2 atom stereocenters. The van der Waals surface area contributed by atoms with E-state index in [1.165, 1.54) is 5.56 Å². The minimum Gasteiger partial charge on any atom is -0.494 e. The molecular weight excluding hydrogens is 278 g/mol. The summed E-state index contributed by atoms with van der Waals surface area (Å²) in [5.41, 5.74) is 1.26. The zero-order valence-electron chi connectivity index (χ0n) is 13.6. The van der Waals surface area contributed by atoms with Crippen LogP contribution in [-0.4, -0.2) is 53.6 Å². The topological polar surface area (TPSA) is 52.9 Å². The monoisotopic (exact) mass is 307 g/mol. The van der Waals surface area contributed by atoms with Gasteiger partial charge in [0.15, 0.2) is 0 Å². The molecule has 1 aromatic rings. The Labute approximate surface area is 133 Å². The first-order valence-electron chi connectivity index (χ1n) is 8.47. The third-order valence-corrected chi connectivity index (χ3v) is 4.38. The van der Waals surface area contributed by atoms with Crippen LogP contribution in [0, 0.1) is 0 Å². The van der Waals surface area contributed by atoms with Gasteiger partial charge >= 0.3 is 0 Å². The van der Waals surface area contributed by atoms with Crippen molar-refractivity contribution in [2.75, 3.05) is 26.3 Å². The number of nitrogens with zero attached hydrogens (tertiary/aromatic N) is 1. The summed E-state index contributed by atoms with van der Waals surface area (Å²) in [4.78, 5) is 2.21. The minimum absolute atomic E-state index is 0.178. The Morgan fingerprint density at radius 1 is 1.23 bits per heavy atom. The zero-order chi connectivity index (χ0) is 15.8. The number of ether oxygens (including phenoxy) is 1. The van der Waals surface area contributed by atoms with Gasteiger partial charge in [-0.1, -0.05) is 25.5 Å². The molecule has 0 aromatic heterocycles. The van der Waals surface area contributed by atoms with Gasteiger partial charge in [0.1, 0.15) is 5.75 Å². The summed E-state index contributed by atoms with van der Waals surface area (Å²) in [6.45, 7) is 4.65. The second-order valence-corrected chi connectivity index (χ2v) is 6.16. The Morgan fingerprint density at radius 2 is 2.00 bits per heavy atom. The zero-order valence-corrected chi connectivity index (χ0v) is 13.6. The van der Waals surface area contributed by atoms with Gasteiger partial charge in [0, 0.05) is 19.1 Å². The van der Waals surface area contributed by atoms with Gasteiger partial charge in [-0.25, -0.2) is 0 Å². The minimum atomic E-state index is -0.253. The van der Waals surface area contributed by atoms with Gasteiger partial charge < -0.3 is 14.9 Å². The third kappa shape index (κ3) is 5.27. The Bertz CT molecular complexity index is 421. The van der Waals surface area contributed by atoms with Crippen molar-refractivity contribution in [2.45, 2.75) is 51.2 Å². The smallest absolute Gasteiger partial charge is 0.119 e. The van der Waals surface area contributed by atoms with Gasteiger partial charge in [0.2, 0.25) is 0 Å². The number of aliphatic hydroxyl groups is 2. The Morgan fingerprint density at radius 3 is 2.68 bits per heavy atom. The largest absolute Gasteiger partial charge is 0.494 e. The van der Waals surface area contributed by atoms with Gasteiger partial charge in [0.25, 0.3) is 0 Å². The first-order valence-corrected chi connectivity index (χ1v) is 8.47. The van der Waals surface area contributed by atoms with Crippen LogP contribution in [0.2, 0.25) is 0 Å². The summed E-state index contributed by atoms with van der Waals surface area (Å²) in [5, 5.41) is 19.2. The van der Waals surface area contributed by atoms with Crippen molar-refractivity contribution in [3.63, 3.8) is 0 Å². The van der Waals surface area contributed by atoms with E-state index in [4.69, 9.17) is 4.74 Å². The number of piperidine rings is 1. The average Bonchev–Trinajstić information content (AvgIpc) is 2.54. The maximum Gasteiger partial charge on any atom is 0.119 e. The fourth-order valence-electron chi connectivity index (χ4n) is 2.92. The Balaban J connectivity index is 1.80. The number of hydrogen-bond acceptors (Lipinski definition) is 4. The van der Waals surface area contributed by atoms with Crippen LogP contribution in [-0.2, 0) is 6.42 Å². The van der Waals surface area contributed by atoms with Gasteiger partial charge in [-0.3, -0.25) is 4.90 Å². The summed E-state index contributed by atoms with van der Waals surface area (Å²) in [6.07, 6.45) is 4.58. The van der Waals surface area contributed by atoms with E-state index in [1.807, 2.05) is 12.1 Å². The van der Waals surface area contributed by atoms with Crippen molar-refractivity contribution in [3.05, 3.63) is 29.8 Å². The summed E-state index contributed by atoms with van der Waals surface area (Å²) in [5.74, 6) is 0.929. The quantitative estimate of drug-likeness (QED) is 0.723. The molecule has 0 amide bonds. The SMILES string of the molecule is CCCCOc1ccc(CCN2C[C@H](O)CC[C@@H]2CO)cc1. The van der Waals surface area contributed by atoms with Crippen LogP contribution in [0.1, 0.15) is 38.2 Å². The van der Waals surface area contributed by atoms with Crippen LogP contribution in [0.15, 0.2) is 24.3 Å². The van der Waals surface area contributed by atoms with E-state index >= 15 is 0 Å². The van der Waals surface area contributed by atoms with Crippen molar-refractivity contribution in [1.29, 1.82) is 0 Å². The van der Waals surface area contributed by atoms with Crippen LogP contribution >= 0.6 is 0 Å². The molecule has 1 aliphatic heterocycles. The van der Waals surface area contributed by atoms with Gasteiger partial charge in [-0.05, 0) is 43.4 Å². The number of β-amino-alcohol motifs (C(OH)–C–C–N with tert-alkyl or cyclic N) is 1. The second-order valence-electron chi connectivity index (χ2n) is 6.16. The molecule has 22 heavy (non-hydrogen) atoms. The number of likely N-dealkylation sites (tertiary alicyclic amines) is 1. The van der Waals surface area contributed by atoms with Crippen LogP contribution in [0.4, 0.5) is 0 Å². The Kier molecular flexibility index (Phi) is 7.16. The van der Waals surface area contributed by atoms with Gasteiger partial charge in [0.05, 0.1) is 19.3 Å². The predicted molar refractivity (Wildman–Crippen MR) is 88.2 cm³/mol. The molecule has 4 heteroatoms. The van der Waals surface area contributed by atoms with Gasteiger partial charge in [-0.2, -0.15) is 0 Å². The normalized spacial score (nSPS) is 22.7. The summed E-state index contributed by atoms with van der Waals surface area (Å²) >= 11 is 0. The van der Waals surface area contributed by atoms with Crippen molar-refractivity contribution in [2.24, 2.45) is 0 Å². The molecule has 124 valence electrons. The fraction of sp³-hybridized carbons (Fsp3) is 0.667. The molecule has 0 aliphatic carbocycles. The summed E-state index contributed by atoms with van der Waals surface area (Å²) in [6, 6.07) is 8.46. The predicted octanol–water partition coefficient (Wildman–Crippen LogP) is 2.23. The van der Waals surface area contributed by atoms with Crippen molar-refractivity contribution < 1.29 is 14.9 Å². The first kappa shape index (κ1) is 17.3. The van der Waals surface area contributed by atoms with Crippen LogP contribution < -0.4 is 4.74 Å². The lowest BCUT2D eigenvalue weighted by molar-refractivity contribution is 0.0147. The molecule has 1 fully saturated rings. The maximum absolute atomic E-state index is 9.79. The van der Waals surface area contributed by atoms with E-state index in [0.29, 0.717) is 6.54 Å². The molecule has 2 rings (SSSR count). The highest BCUT2D eigenvalue weighted by Gasteiger charge is 2.26. The molecule has 1 aliphatic rings. The average molecular weight is 307 g/mol. The molecular formula is C18H29NO3. The number of aliphatic hydroxyl groups excluding tert-OH is 2. The number of benzene rings is 1. The third-order valence-electron chi connectivity index (χ3n) is 4.38. The van der Waals surface area contributed by atoms with E-state index in [1.54, 1.807) is 0 Å². The first-order chi connectivity index (χ1) is 10.7.